The molecule has 0 radical (unpaired) electrons. The predicted molar refractivity (Wildman–Crippen MR) is 152 cm³/mol. The molecule has 2 aliphatic rings. The number of carboxylic acid groups (broad SMARTS) is 1. The van der Waals surface area contributed by atoms with Crippen LogP contribution in [0.1, 0.15) is 76.6 Å². The van der Waals surface area contributed by atoms with E-state index in [9.17, 15) is 30.0 Å². The number of nitriles is 1. The monoisotopic (exact) mass is 567 g/mol. The number of H-pyrrole nitrogens is 1. The number of imidazole rings is 1. The number of hydrogen-bond acceptors (Lipinski definition) is 9. The number of carboxylic acids is 1. The number of aliphatic hydroxyl groups excluding tert-OH is 1. The topological polar surface area (TPSA) is 201 Å². The van der Waals surface area contributed by atoms with Crippen molar-refractivity contribution in [3.05, 3.63) is 52.3 Å². The molecule has 3 atom stereocenters. The van der Waals surface area contributed by atoms with Crippen LogP contribution in [0.4, 0.5) is 0 Å². The lowest BCUT2D eigenvalue weighted by Crippen LogP contribution is -2.55. The normalized spacial score (nSPS) is 27.6. The number of amides is 1. The van der Waals surface area contributed by atoms with Gasteiger partial charge in [0.15, 0.2) is 17.1 Å². The molecule has 1 aliphatic heterocycles. The van der Waals surface area contributed by atoms with E-state index in [1.807, 2.05) is 19.9 Å². The Hall–Kier alpha value is -3.57. The largest absolute Gasteiger partial charge is 0.479 e. The van der Waals surface area contributed by atoms with Gasteiger partial charge in [0.1, 0.15) is 20.0 Å². The van der Waals surface area contributed by atoms with Crippen molar-refractivity contribution in [2.24, 2.45) is 16.3 Å². The number of nitrogens with one attached hydrogen (secondary N) is 2. The highest BCUT2D eigenvalue weighted by Crippen LogP contribution is 2.46. The molecule has 1 aromatic heterocycles. The van der Waals surface area contributed by atoms with Crippen LogP contribution in [0.15, 0.2) is 45.8 Å². The van der Waals surface area contributed by atoms with Gasteiger partial charge in [0.05, 0.1) is 17.0 Å². The maximum Gasteiger partial charge on any atom is 0.335 e. The molecule has 1 fully saturated rings. The number of rotatable bonds is 8. The SMILES string of the molecule is BC1=C(/C(N=C)=C(/C=C\CC2CC(C)(C)OC(C)(C(=O)O)C2)NC(=O)c2nc(C#N)c[nH]2)C(O)(O)C(O)C(C)(C)C1. The lowest BCUT2D eigenvalue weighted by Gasteiger charge is -2.45. The lowest BCUT2D eigenvalue weighted by atomic mass is 9.63. The van der Waals surface area contributed by atoms with Crippen LogP contribution in [0, 0.1) is 22.7 Å². The van der Waals surface area contributed by atoms with Crippen molar-refractivity contribution in [3.8, 4) is 6.07 Å². The van der Waals surface area contributed by atoms with Crippen LogP contribution in [0.25, 0.3) is 0 Å². The van der Waals surface area contributed by atoms with E-state index in [0.717, 1.165) is 0 Å². The van der Waals surface area contributed by atoms with Crippen LogP contribution in [-0.4, -0.2) is 79.9 Å². The molecule has 41 heavy (non-hydrogen) atoms. The molecule has 0 saturated carbocycles. The van der Waals surface area contributed by atoms with E-state index in [-0.39, 0.29) is 40.8 Å². The van der Waals surface area contributed by atoms with Crippen molar-refractivity contribution in [2.75, 3.05) is 0 Å². The molecule has 1 aliphatic carbocycles. The fourth-order valence-corrected chi connectivity index (χ4v) is 6.08. The summed E-state index contributed by atoms with van der Waals surface area (Å²) in [4.78, 5) is 35.6. The Morgan fingerprint density at radius 1 is 1.32 bits per heavy atom. The molecule has 13 heteroatoms. The van der Waals surface area contributed by atoms with Gasteiger partial charge >= 0.3 is 5.97 Å². The molecular weight excluding hydrogens is 529 g/mol. The number of aromatic amines is 1. The number of ether oxygens (including phenoxy) is 1. The van der Waals surface area contributed by atoms with Crippen LogP contribution >= 0.6 is 0 Å². The maximum absolute atomic E-state index is 13.1. The van der Waals surface area contributed by atoms with E-state index in [0.29, 0.717) is 24.7 Å². The van der Waals surface area contributed by atoms with E-state index in [1.54, 1.807) is 34.7 Å². The van der Waals surface area contributed by atoms with Crippen molar-refractivity contribution in [1.29, 1.82) is 5.26 Å². The first-order valence-electron chi connectivity index (χ1n) is 13.3. The van der Waals surface area contributed by atoms with Gasteiger partial charge in [0.2, 0.25) is 5.79 Å². The second kappa shape index (κ2) is 11.4. The zero-order valence-corrected chi connectivity index (χ0v) is 24.3. The highest BCUT2D eigenvalue weighted by molar-refractivity contribution is 6.22. The number of aromatic nitrogens is 2. The zero-order chi connectivity index (χ0) is 31.0. The van der Waals surface area contributed by atoms with Gasteiger partial charge in [-0.25, -0.2) is 9.78 Å². The fourth-order valence-electron chi connectivity index (χ4n) is 6.08. The predicted octanol–water partition coefficient (Wildman–Crippen LogP) is 1.28. The number of carbonyl (C=O) groups excluding carboxylic acids is 1. The average Bonchev–Trinajstić information content (AvgIpc) is 3.33. The van der Waals surface area contributed by atoms with Crippen molar-refractivity contribution >= 4 is 26.4 Å². The van der Waals surface area contributed by atoms with E-state index in [2.05, 4.69) is 27.0 Å². The molecule has 3 rings (SSSR count). The van der Waals surface area contributed by atoms with Crippen LogP contribution in [0.5, 0.6) is 0 Å². The Morgan fingerprint density at radius 3 is 2.54 bits per heavy atom. The molecule has 3 unspecified atom stereocenters. The number of aliphatic hydroxyl groups is 3. The highest BCUT2D eigenvalue weighted by Gasteiger charge is 2.52. The van der Waals surface area contributed by atoms with E-state index >= 15 is 0 Å². The minimum atomic E-state index is -2.71. The van der Waals surface area contributed by atoms with Crippen LogP contribution in [0.2, 0.25) is 0 Å². The van der Waals surface area contributed by atoms with Crippen LogP contribution in [-0.2, 0) is 9.53 Å². The first kappa shape index (κ1) is 32.0. The Kier molecular flexibility index (Phi) is 8.86. The summed E-state index contributed by atoms with van der Waals surface area (Å²) in [6.45, 7) is 12.2. The van der Waals surface area contributed by atoms with Gasteiger partial charge in [0.25, 0.3) is 5.91 Å². The summed E-state index contributed by atoms with van der Waals surface area (Å²) in [5.74, 6) is -4.73. The second-order valence-corrected chi connectivity index (χ2v) is 12.4. The molecule has 1 amide bonds. The molecule has 0 bridgehead atoms. The molecule has 0 aromatic carbocycles. The lowest BCUT2D eigenvalue weighted by molar-refractivity contribution is -0.230. The standard InChI is InChI=1S/C28H38BN5O7/c1-25(2)12-17(29)19(28(39,40)23(25)36)20(31-6)18(34-22(35)21-32-14-16(13-30)33-21)9-7-8-15-10-26(3,4)41-27(5,11-15)24(37)38/h7,9,14-15,23,36,39-40H,6,8,10-12,29H2,1-5H3,(H,32,33)(H,34,35)(H,37,38)/b9-7-,20-18+. The molecule has 1 saturated heterocycles. The summed E-state index contributed by atoms with van der Waals surface area (Å²) in [5.41, 5.74) is -2.49. The molecule has 220 valence electrons. The quantitative estimate of drug-likeness (QED) is 0.116. The van der Waals surface area contributed by atoms with Crippen LogP contribution in [0.3, 0.4) is 0 Å². The summed E-state index contributed by atoms with van der Waals surface area (Å²) in [7, 11) is 1.68. The van der Waals surface area contributed by atoms with Gasteiger partial charge in [-0.05, 0) is 70.6 Å². The average molecular weight is 567 g/mol. The Labute approximate surface area is 240 Å². The molecular formula is C28H38BN5O7. The Balaban J connectivity index is 2.06. The molecule has 2 heterocycles. The van der Waals surface area contributed by atoms with Crippen molar-refractivity contribution in [3.63, 3.8) is 0 Å². The number of aliphatic imine (C=N–C) groups is 1. The number of carbonyl (C=O) groups is 2. The second-order valence-electron chi connectivity index (χ2n) is 12.4. The zero-order valence-electron chi connectivity index (χ0n) is 24.3. The molecule has 6 N–H and O–H groups in total. The summed E-state index contributed by atoms with van der Waals surface area (Å²) in [5, 5.41) is 54.5. The third-order valence-electron chi connectivity index (χ3n) is 7.61. The van der Waals surface area contributed by atoms with Gasteiger partial charge in [0, 0.05) is 11.8 Å². The number of hydrogen-bond donors (Lipinski definition) is 6. The summed E-state index contributed by atoms with van der Waals surface area (Å²) < 4.78 is 5.86. The summed E-state index contributed by atoms with van der Waals surface area (Å²) in [6.07, 6.45) is 4.52. The first-order chi connectivity index (χ1) is 18.9. The summed E-state index contributed by atoms with van der Waals surface area (Å²) >= 11 is 0. The van der Waals surface area contributed by atoms with Crippen molar-refractivity contribution in [1.82, 2.24) is 15.3 Å². The van der Waals surface area contributed by atoms with Crippen LogP contribution < -0.4 is 5.32 Å². The van der Waals surface area contributed by atoms with E-state index in [1.165, 1.54) is 12.3 Å². The van der Waals surface area contributed by atoms with E-state index < -0.39 is 40.4 Å². The number of aliphatic carboxylic acids is 1. The minimum Gasteiger partial charge on any atom is -0.479 e. The van der Waals surface area contributed by atoms with Gasteiger partial charge in [-0.1, -0.05) is 25.4 Å². The van der Waals surface area contributed by atoms with Gasteiger partial charge < -0.3 is 35.5 Å². The van der Waals surface area contributed by atoms with Gasteiger partial charge in [-0.2, -0.15) is 5.26 Å². The molecule has 12 nitrogen and oxygen atoms in total. The fraction of sp³-hybridized carbons (Fsp3) is 0.536. The number of nitrogens with zero attached hydrogens (tertiary/aromatic N) is 3. The van der Waals surface area contributed by atoms with Gasteiger partial charge in [-0.15, -0.1) is 0 Å². The van der Waals surface area contributed by atoms with Crippen molar-refractivity contribution < 1.29 is 34.8 Å². The van der Waals surface area contributed by atoms with Crippen molar-refractivity contribution in [2.45, 2.75) is 83.4 Å². The Bertz CT molecular complexity index is 1370. The Morgan fingerprint density at radius 2 is 1.98 bits per heavy atom. The van der Waals surface area contributed by atoms with E-state index in [4.69, 9.17) is 10.00 Å². The number of allylic oxidation sites excluding steroid dienone is 3. The van der Waals surface area contributed by atoms with Gasteiger partial charge in [-0.3, -0.25) is 9.79 Å². The molecule has 0 spiro atoms. The first-order valence-corrected chi connectivity index (χ1v) is 13.3. The maximum atomic E-state index is 13.1. The smallest absolute Gasteiger partial charge is 0.335 e. The molecule has 1 aromatic rings. The summed E-state index contributed by atoms with van der Waals surface area (Å²) in [6, 6.07) is 1.83. The highest BCUT2D eigenvalue weighted by atomic mass is 16.5. The minimum absolute atomic E-state index is 0.00261. The third kappa shape index (κ3) is 6.68. The third-order valence-corrected chi connectivity index (χ3v) is 7.61.